The molecule has 2 nitrogen and oxygen atoms in total. The van der Waals surface area contributed by atoms with Crippen LogP contribution in [0.5, 0.6) is 0 Å². The first-order valence-electron chi connectivity index (χ1n) is 4.38. The summed E-state index contributed by atoms with van der Waals surface area (Å²) in [5.74, 6) is 0. The first-order valence-corrected chi connectivity index (χ1v) is 5.50. The van der Waals surface area contributed by atoms with E-state index < -0.39 is 0 Å². The number of fused-ring (bicyclic) bond motifs is 1. The average Bonchev–Trinajstić information content (AvgIpc) is 2.56. The molecule has 72 valence electrons. The first-order chi connectivity index (χ1) is 6.74. The van der Waals surface area contributed by atoms with E-state index in [1.165, 1.54) is 10.9 Å². The highest BCUT2D eigenvalue weighted by molar-refractivity contribution is 9.09. The lowest BCUT2D eigenvalue weighted by Gasteiger charge is -1.97. The summed E-state index contributed by atoms with van der Waals surface area (Å²) in [6, 6.07) is 4.03. The topological polar surface area (TPSA) is 17.8 Å². The molecule has 0 bridgehead atoms. The second kappa shape index (κ2) is 3.58. The Hall–Kier alpha value is -1.09. The van der Waals surface area contributed by atoms with Gasteiger partial charge in [0.2, 0.25) is 0 Å². The van der Waals surface area contributed by atoms with E-state index in [1.54, 1.807) is 0 Å². The van der Waals surface area contributed by atoms with E-state index in [1.807, 2.05) is 23.9 Å². The Bertz CT molecular complexity index is 485. The lowest BCUT2D eigenvalue weighted by Crippen LogP contribution is -1.85. The standard InChI is InChI=1S/C11H11BrN2/c1-8(6-12)10-7-14(2)11-9(10)4-3-5-13-11/h3-5,7H,1,6H2,2H3. The van der Waals surface area contributed by atoms with Crippen LogP contribution < -0.4 is 0 Å². The summed E-state index contributed by atoms with van der Waals surface area (Å²) >= 11 is 3.42. The maximum Gasteiger partial charge on any atom is 0.140 e. The Kier molecular flexibility index (Phi) is 2.42. The molecule has 2 rings (SSSR count). The SMILES string of the molecule is C=C(CBr)c1cn(C)c2ncccc12. The number of aromatic nitrogens is 2. The Morgan fingerprint density at radius 2 is 2.43 bits per heavy atom. The van der Waals surface area contributed by atoms with Gasteiger partial charge in [-0.05, 0) is 17.7 Å². The van der Waals surface area contributed by atoms with Crippen LogP contribution in [0.1, 0.15) is 5.56 Å². The second-order valence-electron chi connectivity index (χ2n) is 3.27. The van der Waals surface area contributed by atoms with Crippen LogP contribution in [0, 0.1) is 0 Å². The van der Waals surface area contributed by atoms with Crippen molar-refractivity contribution in [3.8, 4) is 0 Å². The molecule has 0 unspecified atom stereocenters. The molecule has 0 atom stereocenters. The summed E-state index contributed by atoms with van der Waals surface area (Å²) in [6.07, 6.45) is 3.88. The van der Waals surface area contributed by atoms with Crippen LogP contribution in [0.15, 0.2) is 31.1 Å². The van der Waals surface area contributed by atoms with Gasteiger partial charge in [0, 0.05) is 35.7 Å². The van der Waals surface area contributed by atoms with Crippen LogP contribution >= 0.6 is 15.9 Å². The van der Waals surface area contributed by atoms with Gasteiger partial charge in [0.05, 0.1) is 0 Å². The van der Waals surface area contributed by atoms with Gasteiger partial charge in [-0.1, -0.05) is 22.5 Å². The molecule has 3 heteroatoms. The van der Waals surface area contributed by atoms with Gasteiger partial charge >= 0.3 is 0 Å². The molecule has 0 saturated heterocycles. The molecule has 0 saturated carbocycles. The van der Waals surface area contributed by atoms with Crippen LogP contribution in [0.2, 0.25) is 0 Å². The number of nitrogens with zero attached hydrogens (tertiary/aromatic N) is 2. The summed E-state index contributed by atoms with van der Waals surface area (Å²) < 4.78 is 2.03. The Morgan fingerprint density at radius 1 is 1.64 bits per heavy atom. The number of aryl methyl sites for hydroxylation is 1. The van der Waals surface area contributed by atoms with Gasteiger partial charge in [0.1, 0.15) is 5.65 Å². The van der Waals surface area contributed by atoms with Crippen molar-refractivity contribution < 1.29 is 0 Å². The molecule has 14 heavy (non-hydrogen) atoms. The van der Waals surface area contributed by atoms with Crippen LogP contribution in [0.25, 0.3) is 16.6 Å². The van der Waals surface area contributed by atoms with Crippen molar-refractivity contribution in [2.24, 2.45) is 7.05 Å². The first kappa shape index (κ1) is 9.46. The molecule has 0 spiro atoms. The van der Waals surface area contributed by atoms with Gasteiger partial charge in [0.15, 0.2) is 0 Å². The minimum Gasteiger partial charge on any atom is -0.335 e. The zero-order chi connectivity index (χ0) is 10.1. The van der Waals surface area contributed by atoms with Crippen molar-refractivity contribution >= 4 is 32.5 Å². The molecule has 0 aliphatic heterocycles. The van der Waals surface area contributed by atoms with Gasteiger partial charge in [-0.2, -0.15) is 0 Å². The van der Waals surface area contributed by atoms with Crippen molar-refractivity contribution in [2.75, 3.05) is 5.33 Å². The van der Waals surface area contributed by atoms with Crippen LogP contribution in [0.3, 0.4) is 0 Å². The van der Waals surface area contributed by atoms with Gasteiger partial charge in [-0.25, -0.2) is 4.98 Å². The van der Waals surface area contributed by atoms with E-state index in [0.29, 0.717) is 0 Å². The number of pyridine rings is 1. The number of allylic oxidation sites excluding steroid dienone is 1. The molecule has 2 aromatic rings. The Labute approximate surface area is 91.4 Å². The van der Waals surface area contributed by atoms with Gasteiger partial charge in [-0.3, -0.25) is 0 Å². The van der Waals surface area contributed by atoms with E-state index in [2.05, 4.69) is 39.8 Å². The van der Waals surface area contributed by atoms with Crippen molar-refractivity contribution in [3.05, 3.63) is 36.7 Å². The Balaban J connectivity index is 2.72. The molecular weight excluding hydrogens is 240 g/mol. The van der Waals surface area contributed by atoms with Gasteiger partial charge in [0.25, 0.3) is 0 Å². The summed E-state index contributed by atoms with van der Waals surface area (Å²) in [6.45, 7) is 4.02. The van der Waals surface area contributed by atoms with E-state index in [0.717, 1.165) is 16.6 Å². The summed E-state index contributed by atoms with van der Waals surface area (Å²) in [5.41, 5.74) is 3.26. The van der Waals surface area contributed by atoms with Crippen molar-refractivity contribution in [1.29, 1.82) is 0 Å². The zero-order valence-corrected chi connectivity index (χ0v) is 9.58. The van der Waals surface area contributed by atoms with Crippen LogP contribution in [0.4, 0.5) is 0 Å². The summed E-state index contributed by atoms with van der Waals surface area (Å²) in [4.78, 5) is 4.32. The highest BCUT2D eigenvalue weighted by atomic mass is 79.9. The lowest BCUT2D eigenvalue weighted by molar-refractivity contribution is 0.947. The predicted octanol–water partition coefficient (Wildman–Crippen LogP) is 2.98. The van der Waals surface area contributed by atoms with Gasteiger partial charge in [-0.15, -0.1) is 0 Å². The molecular formula is C11H11BrN2. The average molecular weight is 251 g/mol. The van der Waals surface area contributed by atoms with Crippen molar-refractivity contribution in [3.63, 3.8) is 0 Å². The molecule has 0 radical (unpaired) electrons. The maximum atomic E-state index is 4.32. The van der Waals surface area contributed by atoms with Crippen LogP contribution in [-0.2, 0) is 7.05 Å². The predicted molar refractivity (Wildman–Crippen MR) is 63.5 cm³/mol. The summed E-state index contributed by atoms with van der Waals surface area (Å²) in [5, 5.41) is 1.96. The largest absolute Gasteiger partial charge is 0.335 e. The molecule has 0 N–H and O–H groups in total. The third-order valence-electron chi connectivity index (χ3n) is 2.28. The Morgan fingerprint density at radius 3 is 3.14 bits per heavy atom. The fourth-order valence-corrected chi connectivity index (χ4v) is 1.87. The molecule has 0 fully saturated rings. The van der Waals surface area contributed by atoms with Crippen LogP contribution in [-0.4, -0.2) is 14.9 Å². The van der Waals surface area contributed by atoms with E-state index in [9.17, 15) is 0 Å². The van der Waals surface area contributed by atoms with E-state index in [4.69, 9.17) is 0 Å². The highest BCUT2D eigenvalue weighted by Crippen LogP contribution is 2.25. The smallest absolute Gasteiger partial charge is 0.140 e. The number of alkyl halides is 1. The fraction of sp³-hybridized carbons (Fsp3) is 0.182. The molecule has 0 aromatic carbocycles. The second-order valence-corrected chi connectivity index (χ2v) is 3.83. The molecule has 0 amide bonds. The monoisotopic (exact) mass is 250 g/mol. The maximum absolute atomic E-state index is 4.32. The van der Waals surface area contributed by atoms with E-state index in [-0.39, 0.29) is 0 Å². The minimum absolute atomic E-state index is 0.793. The third kappa shape index (κ3) is 1.38. The van der Waals surface area contributed by atoms with Crippen molar-refractivity contribution in [2.45, 2.75) is 0 Å². The normalized spacial score (nSPS) is 10.7. The molecule has 0 aliphatic carbocycles. The third-order valence-corrected chi connectivity index (χ3v) is 2.95. The van der Waals surface area contributed by atoms with Crippen molar-refractivity contribution in [1.82, 2.24) is 9.55 Å². The zero-order valence-electron chi connectivity index (χ0n) is 8.00. The fourth-order valence-electron chi connectivity index (χ4n) is 1.57. The quantitative estimate of drug-likeness (QED) is 0.750. The minimum atomic E-state index is 0.793. The highest BCUT2D eigenvalue weighted by Gasteiger charge is 2.08. The number of hydrogen-bond donors (Lipinski definition) is 0. The van der Waals surface area contributed by atoms with Gasteiger partial charge < -0.3 is 4.57 Å². The number of rotatable bonds is 2. The number of hydrogen-bond acceptors (Lipinski definition) is 1. The number of halogens is 1. The van der Waals surface area contributed by atoms with E-state index >= 15 is 0 Å². The summed E-state index contributed by atoms with van der Waals surface area (Å²) in [7, 11) is 2.00. The lowest BCUT2D eigenvalue weighted by atomic mass is 10.1. The molecule has 2 heterocycles. The molecule has 2 aromatic heterocycles. The molecule has 0 aliphatic rings.